The average Bonchev–Trinajstić information content (AvgIpc) is 2.87. The largest absolute Gasteiger partial charge is 0.375 e. The van der Waals surface area contributed by atoms with Crippen molar-refractivity contribution in [1.29, 1.82) is 0 Å². The summed E-state index contributed by atoms with van der Waals surface area (Å²) < 4.78 is 28.2. The van der Waals surface area contributed by atoms with Crippen LogP contribution in [0.1, 0.15) is 19.3 Å². The van der Waals surface area contributed by atoms with Gasteiger partial charge in [-0.1, -0.05) is 0 Å². The normalized spacial score (nSPS) is 19.4. The molecule has 1 aliphatic rings. The van der Waals surface area contributed by atoms with Crippen LogP contribution in [0.15, 0.2) is 0 Å². The lowest BCUT2D eigenvalue weighted by molar-refractivity contribution is 0.0140. The van der Waals surface area contributed by atoms with Gasteiger partial charge in [0.2, 0.25) is 0 Å². The molecule has 0 aromatic rings. The third-order valence-electron chi connectivity index (χ3n) is 2.38. The van der Waals surface area contributed by atoms with Crippen molar-refractivity contribution in [2.24, 2.45) is 5.92 Å². The number of nitrogens with one attached hydrogen (secondary N) is 1. The first-order valence-electron chi connectivity index (χ1n) is 4.77. The summed E-state index contributed by atoms with van der Waals surface area (Å²) in [6.07, 6.45) is 1.03. The average molecular weight is 193 g/mol. The van der Waals surface area contributed by atoms with Gasteiger partial charge < -0.3 is 10.1 Å². The molecule has 0 aromatic carbocycles. The zero-order chi connectivity index (χ0) is 9.68. The molecule has 0 amide bonds. The molecule has 1 rings (SSSR count). The van der Waals surface area contributed by atoms with Gasteiger partial charge in [-0.05, 0) is 32.2 Å². The van der Waals surface area contributed by atoms with Crippen molar-refractivity contribution >= 4 is 0 Å². The van der Waals surface area contributed by atoms with Gasteiger partial charge in [-0.2, -0.15) is 0 Å². The van der Waals surface area contributed by atoms with E-state index in [0.717, 1.165) is 12.3 Å². The lowest BCUT2D eigenvalue weighted by Gasteiger charge is -2.14. The summed E-state index contributed by atoms with van der Waals surface area (Å²) in [5.74, 6) is 0.750. The number of halogens is 2. The molecule has 0 saturated heterocycles. The van der Waals surface area contributed by atoms with E-state index in [0.29, 0.717) is 12.6 Å². The number of hydrogen-bond donors (Lipinski definition) is 1. The molecule has 13 heavy (non-hydrogen) atoms. The molecule has 0 radical (unpaired) electrons. The summed E-state index contributed by atoms with van der Waals surface area (Å²) in [6.45, 7) is 0.00739. The van der Waals surface area contributed by atoms with E-state index >= 15 is 0 Å². The van der Waals surface area contributed by atoms with Crippen LogP contribution in [0, 0.1) is 5.92 Å². The topological polar surface area (TPSA) is 21.3 Å². The lowest BCUT2D eigenvalue weighted by Crippen LogP contribution is -2.29. The van der Waals surface area contributed by atoms with E-state index in [1.165, 1.54) is 12.8 Å². The summed E-state index contributed by atoms with van der Waals surface area (Å²) >= 11 is 0. The van der Waals surface area contributed by atoms with Gasteiger partial charge in [0.25, 0.3) is 6.43 Å². The van der Waals surface area contributed by atoms with Crippen molar-refractivity contribution in [2.45, 2.75) is 31.7 Å². The second kappa shape index (κ2) is 5.50. The molecule has 0 spiro atoms. The third-order valence-corrected chi connectivity index (χ3v) is 2.38. The first-order valence-corrected chi connectivity index (χ1v) is 4.77. The van der Waals surface area contributed by atoms with Crippen molar-refractivity contribution in [3.8, 4) is 0 Å². The molecule has 4 heteroatoms. The molecule has 78 valence electrons. The Labute approximate surface area is 77.6 Å². The number of ether oxygens (including phenoxy) is 1. The standard InChI is InChI=1S/C9H17F2NO/c1-12-8(7-2-3-7)4-5-13-6-9(10)11/h7-9,12H,2-6H2,1H3. The Kier molecular flexibility index (Phi) is 4.59. The van der Waals surface area contributed by atoms with Crippen LogP contribution >= 0.6 is 0 Å². The monoisotopic (exact) mass is 193 g/mol. The van der Waals surface area contributed by atoms with E-state index in [9.17, 15) is 8.78 Å². The van der Waals surface area contributed by atoms with Crippen LogP contribution in [0.3, 0.4) is 0 Å². The highest BCUT2D eigenvalue weighted by molar-refractivity contribution is 4.85. The van der Waals surface area contributed by atoms with E-state index in [4.69, 9.17) is 4.74 Å². The maximum atomic E-state index is 11.7. The second-order valence-corrected chi connectivity index (χ2v) is 3.49. The van der Waals surface area contributed by atoms with Crippen LogP contribution in [0.25, 0.3) is 0 Å². The molecular weight excluding hydrogens is 176 g/mol. The molecule has 0 aromatic heterocycles. The van der Waals surface area contributed by atoms with Crippen LogP contribution in [-0.4, -0.2) is 32.7 Å². The number of hydrogen-bond acceptors (Lipinski definition) is 2. The summed E-state index contributed by atoms with van der Waals surface area (Å²) in [5, 5.41) is 3.18. The van der Waals surface area contributed by atoms with Gasteiger partial charge in [-0.25, -0.2) is 8.78 Å². The van der Waals surface area contributed by atoms with E-state index < -0.39 is 13.0 Å². The lowest BCUT2D eigenvalue weighted by atomic mass is 10.1. The fraction of sp³-hybridized carbons (Fsp3) is 1.00. The fourth-order valence-electron chi connectivity index (χ4n) is 1.50. The van der Waals surface area contributed by atoms with Gasteiger partial charge in [-0.3, -0.25) is 0 Å². The molecule has 1 N–H and O–H groups in total. The predicted octanol–water partition coefficient (Wildman–Crippen LogP) is 1.66. The highest BCUT2D eigenvalue weighted by Gasteiger charge is 2.29. The predicted molar refractivity (Wildman–Crippen MR) is 47.0 cm³/mol. The minimum Gasteiger partial charge on any atom is -0.375 e. The number of alkyl halides is 2. The Bertz CT molecular complexity index is 140. The molecule has 1 atom stereocenters. The Morgan fingerprint density at radius 3 is 2.62 bits per heavy atom. The van der Waals surface area contributed by atoms with Crippen LogP contribution in [0.2, 0.25) is 0 Å². The number of rotatable bonds is 7. The van der Waals surface area contributed by atoms with Crippen molar-refractivity contribution in [2.75, 3.05) is 20.3 Å². The molecule has 1 aliphatic carbocycles. The molecular formula is C9H17F2NO. The van der Waals surface area contributed by atoms with Gasteiger partial charge in [0.05, 0.1) is 0 Å². The van der Waals surface area contributed by atoms with Gasteiger partial charge in [0.15, 0.2) is 0 Å². The zero-order valence-corrected chi connectivity index (χ0v) is 7.93. The van der Waals surface area contributed by atoms with Crippen LogP contribution < -0.4 is 5.32 Å². The molecule has 1 unspecified atom stereocenters. The van der Waals surface area contributed by atoms with Crippen molar-refractivity contribution in [1.82, 2.24) is 5.32 Å². The van der Waals surface area contributed by atoms with Gasteiger partial charge >= 0.3 is 0 Å². The smallest absolute Gasteiger partial charge is 0.261 e. The first kappa shape index (κ1) is 10.9. The SMILES string of the molecule is CNC(CCOCC(F)F)C1CC1. The quantitative estimate of drug-likeness (QED) is 0.621. The summed E-state index contributed by atoms with van der Waals surface area (Å²) in [4.78, 5) is 0. The van der Waals surface area contributed by atoms with Crippen LogP contribution in [-0.2, 0) is 4.74 Å². The molecule has 1 fully saturated rings. The van der Waals surface area contributed by atoms with Crippen molar-refractivity contribution in [3.63, 3.8) is 0 Å². The van der Waals surface area contributed by atoms with Gasteiger partial charge in [0, 0.05) is 12.6 Å². The van der Waals surface area contributed by atoms with Gasteiger partial charge in [0.1, 0.15) is 6.61 Å². The van der Waals surface area contributed by atoms with Gasteiger partial charge in [-0.15, -0.1) is 0 Å². The zero-order valence-electron chi connectivity index (χ0n) is 7.93. The van der Waals surface area contributed by atoms with Crippen LogP contribution in [0.5, 0.6) is 0 Å². The van der Waals surface area contributed by atoms with Crippen molar-refractivity contribution in [3.05, 3.63) is 0 Å². The second-order valence-electron chi connectivity index (χ2n) is 3.49. The summed E-state index contributed by atoms with van der Waals surface area (Å²) in [6, 6.07) is 0.456. The van der Waals surface area contributed by atoms with Crippen molar-refractivity contribution < 1.29 is 13.5 Å². The fourth-order valence-corrected chi connectivity index (χ4v) is 1.50. The van der Waals surface area contributed by atoms with E-state index in [1.54, 1.807) is 0 Å². The van der Waals surface area contributed by atoms with E-state index in [-0.39, 0.29) is 0 Å². The molecule has 0 aliphatic heterocycles. The Morgan fingerprint density at radius 1 is 1.46 bits per heavy atom. The molecule has 0 heterocycles. The Morgan fingerprint density at radius 2 is 2.15 bits per heavy atom. The molecule has 1 saturated carbocycles. The highest BCUT2D eigenvalue weighted by atomic mass is 19.3. The first-order chi connectivity index (χ1) is 6.24. The van der Waals surface area contributed by atoms with E-state index in [1.807, 2.05) is 7.05 Å². The Hall–Kier alpha value is -0.220. The minimum absolute atomic E-state index is 0.429. The van der Waals surface area contributed by atoms with E-state index in [2.05, 4.69) is 5.32 Å². The highest BCUT2D eigenvalue weighted by Crippen LogP contribution is 2.33. The maximum Gasteiger partial charge on any atom is 0.261 e. The maximum absolute atomic E-state index is 11.7. The molecule has 2 nitrogen and oxygen atoms in total. The summed E-state index contributed by atoms with van der Waals surface area (Å²) in [7, 11) is 1.91. The third kappa shape index (κ3) is 4.52. The summed E-state index contributed by atoms with van der Waals surface area (Å²) in [5.41, 5.74) is 0. The van der Waals surface area contributed by atoms with Crippen LogP contribution in [0.4, 0.5) is 8.78 Å². The minimum atomic E-state index is -2.34. The molecule has 0 bridgehead atoms. The Balaban J connectivity index is 1.96.